The lowest BCUT2D eigenvalue weighted by molar-refractivity contribution is -0.149. The third kappa shape index (κ3) is 18.4. The second kappa shape index (κ2) is 31.1. The van der Waals surface area contributed by atoms with Gasteiger partial charge in [0.05, 0.1) is 121 Å². The minimum atomic E-state index is -3.71. The van der Waals surface area contributed by atoms with E-state index >= 15 is 0 Å². The minimum absolute atomic E-state index is 0.0513. The summed E-state index contributed by atoms with van der Waals surface area (Å²) < 4.78 is 131. The van der Waals surface area contributed by atoms with Crippen molar-refractivity contribution in [2.45, 2.75) is 71.1 Å². The van der Waals surface area contributed by atoms with Crippen LogP contribution in [0.1, 0.15) is 103 Å². The number of Topliss-reactive ketones (excluding diaryl/α,β-unsaturated/α-hetero) is 2. The highest BCUT2D eigenvalue weighted by molar-refractivity contribution is 7.92. The van der Waals surface area contributed by atoms with Gasteiger partial charge in [-0.3, -0.25) is 28.2 Å². The molecule has 85 heavy (non-hydrogen) atoms. The molecule has 21 nitrogen and oxygen atoms in total. The molecule has 0 aliphatic heterocycles. The van der Waals surface area contributed by atoms with Crippen LogP contribution in [0.3, 0.4) is 0 Å². The molecule has 0 atom stereocenters. The van der Waals surface area contributed by atoms with Gasteiger partial charge < -0.3 is 42.0 Å². The molecular weight excluding hydrogens is 1150 g/mol. The molecule has 2 saturated carbocycles. The molecule has 2 fully saturated rings. The summed E-state index contributed by atoms with van der Waals surface area (Å²) in [5, 5.41) is 9.63. The topological polar surface area (TPSA) is 266 Å². The summed E-state index contributed by atoms with van der Waals surface area (Å²) >= 11 is 0. The average Bonchev–Trinajstić information content (AvgIpc) is 1.75. The van der Waals surface area contributed by atoms with Crippen LogP contribution in [0, 0.1) is 11.6 Å². The molecule has 2 aliphatic rings. The maximum Gasteiger partial charge on any atom is 0.332 e. The first-order chi connectivity index (χ1) is 40.8. The third-order valence-electron chi connectivity index (χ3n) is 13.7. The summed E-state index contributed by atoms with van der Waals surface area (Å²) in [6.07, 6.45) is 6.39. The van der Waals surface area contributed by atoms with Crippen LogP contribution in [0.2, 0.25) is 0 Å². The van der Waals surface area contributed by atoms with Crippen molar-refractivity contribution in [1.82, 2.24) is 5.48 Å². The van der Waals surface area contributed by atoms with E-state index in [9.17, 15) is 44.8 Å². The molecule has 0 radical (unpaired) electrons. The zero-order chi connectivity index (χ0) is 61.3. The Bertz CT molecular complexity index is 3470. The van der Waals surface area contributed by atoms with Gasteiger partial charge in [-0.25, -0.2) is 35.9 Å². The fraction of sp³-hybridized carbons (Fsp3) is 0.467. The molecule has 462 valence electrons. The number of carbonyl (C=O) groups is 4. The van der Waals surface area contributed by atoms with E-state index in [4.69, 9.17) is 47.2 Å². The number of nitrogens with zero attached hydrogens (tertiary/aromatic N) is 2. The summed E-state index contributed by atoms with van der Waals surface area (Å²) in [6.45, 7) is 7.31. The van der Waals surface area contributed by atoms with E-state index in [-0.39, 0.29) is 129 Å². The molecule has 25 heteroatoms. The largest absolute Gasteiger partial charge is 0.464 e. The number of rotatable bonds is 35. The monoisotopic (exact) mass is 1230 g/mol. The number of fused-ring (bicyclic) bond motifs is 2. The van der Waals surface area contributed by atoms with E-state index in [1.165, 1.54) is 38.4 Å². The average molecular weight is 1230 g/mol. The van der Waals surface area contributed by atoms with Crippen LogP contribution in [0.4, 0.5) is 20.2 Å². The second-order valence-corrected chi connectivity index (χ2v) is 23.9. The highest BCUT2D eigenvalue weighted by Gasteiger charge is 2.35. The van der Waals surface area contributed by atoms with Gasteiger partial charge >= 0.3 is 5.97 Å². The normalized spacial score (nSPS) is 13.4. The number of anilines is 2. The van der Waals surface area contributed by atoms with Crippen molar-refractivity contribution in [2.75, 3.05) is 120 Å². The fourth-order valence-corrected chi connectivity index (χ4v) is 11.2. The first kappa shape index (κ1) is 65.9. The number of halogens is 2. The maximum absolute atomic E-state index is 13.6. The number of ether oxygens (including phenoxy) is 7. The zero-order valence-electron chi connectivity index (χ0n) is 48.3. The highest BCUT2D eigenvalue weighted by atomic mass is 32.2. The molecule has 6 aromatic rings. The number of nitrogens with one attached hydrogen (secondary N) is 1. The first-order valence-electron chi connectivity index (χ1n) is 28.1. The van der Waals surface area contributed by atoms with Gasteiger partial charge in [0.25, 0.3) is 5.91 Å². The van der Waals surface area contributed by atoms with E-state index in [1.54, 1.807) is 57.2 Å². The van der Waals surface area contributed by atoms with Crippen LogP contribution in [0.5, 0.6) is 0 Å². The summed E-state index contributed by atoms with van der Waals surface area (Å²) in [7, 11) is -7.41. The Morgan fingerprint density at radius 2 is 0.918 bits per heavy atom. The van der Waals surface area contributed by atoms with Crippen molar-refractivity contribution in [1.29, 1.82) is 0 Å². The van der Waals surface area contributed by atoms with Crippen LogP contribution in [-0.4, -0.2) is 157 Å². The predicted molar refractivity (Wildman–Crippen MR) is 312 cm³/mol. The van der Waals surface area contributed by atoms with Crippen LogP contribution in [0.15, 0.2) is 81.6 Å². The molecule has 0 spiro atoms. The Morgan fingerprint density at radius 3 is 1.26 bits per heavy atom. The Balaban J connectivity index is 0.000000244. The van der Waals surface area contributed by atoms with Gasteiger partial charge in [-0.2, -0.15) is 0 Å². The number of hydrogen-bond acceptors (Lipinski definition) is 18. The molecule has 0 saturated heterocycles. The number of carbonyl (C=O) groups excluding carboxylic acids is 4. The van der Waals surface area contributed by atoms with E-state index in [0.29, 0.717) is 73.7 Å². The molecule has 2 aromatic heterocycles. The Kier molecular flexibility index (Phi) is 24.1. The smallest absolute Gasteiger partial charge is 0.332 e. The van der Waals surface area contributed by atoms with Crippen molar-refractivity contribution >= 4 is 76.8 Å². The van der Waals surface area contributed by atoms with E-state index in [2.05, 4.69) is 0 Å². The van der Waals surface area contributed by atoms with Crippen molar-refractivity contribution in [3.8, 4) is 22.6 Å². The Labute approximate surface area is 492 Å². The number of hydrogen-bond donors (Lipinski definition) is 2. The number of benzene rings is 4. The third-order valence-corrected chi connectivity index (χ3v) is 16.1. The highest BCUT2D eigenvalue weighted by Crippen LogP contribution is 2.50. The summed E-state index contributed by atoms with van der Waals surface area (Å²) in [5.74, 6) is -1.16. The number of hydroxylamine groups is 1. The van der Waals surface area contributed by atoms with Crippen LogP contribution in [-0.2, 0) is 62.8 Å². The lowest BCUT2D eigenvalue weighted by Crippen LogP contribution is -2.34. The molecule has 0 bridgehead atoms. The van der Waals surface area contributed by atoms with Crippen LogP contribution < -0.4 is 14.1 Å². The van der Waals surface area contributed by atoms with E-state index < -0.39 is 43.6 Å². The summed E-state index contributed by atoms with van der Waals surface area (Å²) in [4.78, 5) is 48.3. The summed E-state index contributed by atoms with van der Waals surface area (Å²) in [5.41, 5.74) is 6.77. The van der Waals surface area contributed by atoms with Crippen molar-refractivity contribution in [2.24, 2.45) is 0 Å². The maximum atomic E-state index is 13.6. The Morgan fingerprint density at radius 1 is 0.553 bits per heavy atom. The molecule has 4 aromatic carbocycles. The quantitative estimate of drug-likeness (QED) is 0.0123. The lowest BCUT2D eigenvalue weighted by atomic mass is 9.97. The van der Waals surface area contributed by atoms with Gasteiger partial charge in [-0.05, 0) is 116 Å². The lowest BCUT2D eigenvalue weighted by Gasteiger charge is -2.25. The van der Waals surface area contributed by atoms with Crippen LogP contribution in [0.25, 0.3) is 44.6 Å². The zero-order valence-corrected chi connectivity index (χ0v) is 49.9. The molecule has 0 unspecified atom stereocenters. The fourth-order valence-electron chi connectivity index (χ4n) is 9.35. The standard InChI is InChI=1S/C31H38FNO9S.C29H35FN2O9S/c1-4-27(34)30-25-18-24(21-6-7-21)26(19-28(25)42-31(30)22-8-10-23(32)11-9-22)33(43(3,36)37)12-13-38-14-15-39-16-17-40-20-29(35)41-5-2;1-3-25(33)28-23-16-22(19-4-5-19)24(17-26(23)41-29(28)20-6-8-21(30)9-7-20)32(42(2,36)37)10-11-38-12-13-39-14-15-40-18-27(34)31-35/h8-11,18-19,21H,4-7,12-17,20H2,1-3H3;6-9,16-17,19,35H,3-5,10-15,18H2,1-2H3,(H,31,34). The van der Waals surface area contributed by atoms with E-state index in [1.807, 2.05) is 12.1 Å². The van der Waals surface area contributed by atoms with Gasteiger partial charge in [-0.15, -0.1) is 0 Å². The van der Waals surface area contributed by atoms with E-state index in [0.717, 1.165) is 49.3 Å². The Hall–Kier alpha value is -6.68. The van der Waals surface area contributed by atoms with Gasteiger partial charge in [0.2, 0.25) is 20.0 Å². The number of esters is 1. The molecule has 2 N–H and O–H groups in total. The number of furan rings is 2. The summed E-state index contributed by atoms with van der Waals surface area (Å²) in [6, 6.07) is 18.5. The molecule has 1 amide bonds. The van der Waals surface area contributed by atoms with Crippen molar-refractivity contribution in [3.05, 3.63) is 107 Å². The number of sulfonamides is 2. The minimum Gasteiger partial charge on any atom is -0.464 e. The van der Waals surface area contributed by atoms with Gasteiger partial charge in [-0.1, -0.05) is 13.8 Å². The number of ketones is 2. The van der Waals surface area contributed by atoms with Crippen molar-refractivity contribution in [3.63, 3.8) is 0 Å². The van der Waals surface area contributed by atoms with Gasteiger partial charge in [0.15, 0.2) is 11.6 Å². The second-order valence-electron chi connectivity index (χ2n) is 20.1. The van der Waals surface area contributed by atoms with Gasteiger partial charge in [0, 0.05) is 46.9 Å². The molecule has 2 aliphatic carbocycles. The molecule has 2 heterocycles. The molecular formula is C60H73F2N3O18S2. The molecule has 8 rings (SSSR count). The van der Waals surface area contributed by atoms with Crippen molar-refractivity contribution < 1.29 is 92.0 Å². The predicted octanol–water partition coefficient (Wildman–Crippen LogP) is 9.12. The SMILES string of the molecule is CCC(=O)c1c(-c2ccc(F)cc2)oc2cc(N(CCOCCOCCOCC(=O)NO)S(C)(=O)=O)c(C3CC3)cc12.CCOC(=O)COCCOCCOCCN(c1cc2oc(-c3ccc(F)cc3)c(C(=O)CC)c2cc1C1CC1)S(C)(=O)=O. The number of amides is 1. The van der Waals surface area contributed by atoms with Gasteiger partial charge in [0.1, 0.15) is 47.5 Å². The first-order valence-corrected chi connectivity index (χ1v) is 31.8. The van der Waals surface area contributed by atoms with Crippen LogP contribution >= 0.6 is 0 Å².